The lowest BCUT2D eigenvalue weighted by Gasteiger charge is -2.34. The van der Waals surface area contributed by atoms with Gasteiger partial charge in [-0.3, -0.25) is 0 Å². The van der Waals surface area contributed by atoms with Crippen LogP contribution < -0.4 is 5.32 Å². The molecule has 3 nitrogen and oxygen atoms in total. The highest BCUT2D eigenvalue weighted by Crippen LogP contribution is 2.42. The van der Waals surface area contributed by atoms with Crippen molar-refractivity contribution in [1.82, 2.24) is 5.32 Å². The molecule has 3 atom stereocenters. The van der Waals surface area contributed by atoms with E-state index < -0.39 is 0 Å². The molecule has 1 saturated carbocycles. The minimum atomic E-state index is -0.0400. The van der Waals surface area contributed by atoms with E-state index in [1.165, 1.54) is 12.8 Å². The van der Waals surface area contributed by atoms with Crippen molar-refractivity contribution in [2.75, 3.05) is 25.5 Å². The highest BCUT2D eigenvalue weighted by Gasteiger charge is 2.44. The van der Waals surface area contributed by atoms with E-state index in [4.69, 9.17) is 4.74 Å². The third kappa shape index (κ3) is 3.16. The average molecular weight is 259 g/mol. The minimum Gasteiger partial charge on any atom is -0.394 e. The van der Waals surface area contributed by atoms with Gasteiger partial charge in [0.1, 0.15) is 0 Å². The number of nitrogens with one attached hydrogen (secondary N) is 1. The summed E-state index contributed by atoms with van der Waals surface area (Å²) < 4.78 is 5.60. The van der Waals surface area contributed by atoms with Crippen LogP contribution in [-0.2, 0) is 4.74 Å². The first-order chi connectivity index (χ1) is 8.22. The predicted octanol–water partition coefficient (Wildman–Crippen LogP) is 1.65. The maximum absolute atomic E-state index is 9.75. The van der Waals surface area contributed by atoms with Gasteiger partial charge < -0.3 is 15.2 Å². The van der Waals surface area contributed by atoms with E-state index in [0.29, 0.717) is 17.3 Å². The van der Waals surface area contributed by atoms with Crippen LogP contribution >= 0.6 is 11.8 Å². The van der Waals surface area contributed by atoms with Crippen LogP contribution in [0.5, 0.6) is 0 Å². The second kappa shape index (κ2) is 5.91. The van der Waals surface area contributed by atoms with Gasteiger partial charge in [0.25, 0.3) is 0 Å². The molecular formula is C13H25NO2S. The molecule has 0 aromatic heterocycles. The lowest BCUT2D eigenvalue weighted by Crippen LogP contribution is -2.53. The summed E-state index contributed by atoms with van der Waals surface area (Å²) in [5.41, 5.74) is -0.0400. The number of hydrogen-bond acceptors (Lipinski definition) is 4. The van der Waals surface area contributed by atoms with Crippen LogP contribution in [0.25, 0.3) is 0 Å². The zero-order valence-corrected chi connectivity index (χ0v) is 11.8. The Balaban J connectivity index is 1.88. The molecule has 1 aliphatic carbocycles. The summed E-state index contributed by atoms with van der Waals surface area (Å²) in [6.07, 6.45) is 4.07. The van der Waals surface area contributed by atoms with Crippen LogP contribution in [0.2, 0.25) is 0 Å². The van der Waals surface area contributed by atoms with Crippen molar-refractivity contribution in [3.05, 3.63) is 0 Å². The fraction of sp³-hybridized carbons (Fsp3) is 1.00. The van der Waals surface area contributed by atoms with Gasteiger partial charge in [0, 0.05) is 17.6 Å². The molecule has 1 heterocycles. The van der Waals surface area contributed by atoms with Crippen molar-refractivity contribution >= 4 is 11.8 Å². The molecule has 2 rings (SSSR count). The predicted molar refractivity (Wildman–Crippen MR) is 72.5 cm³/mol. The molecule has 0 aromatic carbocycles. The lowest BCUT2D eigenvalue weighted by molar-refractivity contribution is 0.127. The van der Waals surface area contributed by atoms with E-state index in [1.807, 2.05) is 11.8 Å². The van der Waals surface area contributed by atoms with Crippen LogP contribution in [0, 0.1) is 5.92 Å². The van der Waals surface area contributed by atoms with Crippen molar-refractivity contribution in [3.8, 4) is 0 Å². The Morgan fingerprint density at radius 2 is 2.18 bits per heavy atom. The number of aliphatic hydroxyl groups is 1. The molecule has 0 bridgehead atoms. The van der Waals surface area contributed by atoms with Crippen molar-refractivity contribution in [2.24, 2.45) is 5.92 Å². The van der Waals surface area contributed by atoms with Crippen molar-refractivity contribution in [3.63, 3.8) is 0 Å². The highest BCUT2D eigenvalue weighted by atomic mass is 32.2. The molecule has 3 unspecified atom stereocenters. The molecule has 4 heteroatoms. The summed E-state index contributed by atoms with van der Waals surface area (Å²) in [6, 6.07) is 0. The Kier molecular flexibility index (Phi) is 4.75. The second-order valence-corrected chi connectivity index (χ2v) is 6.56. The molecule has 1 saturated heterocycles. The fourth-order valence-corrected chi connectivity index (χ4v) is 4.27. The van der Waals surface area contributed by atoms with E-state index in [9.17, 15) is 5.11 Å². The van der Waals surface area contributed by atoms with Crippen LogP contribution in [0.15, 0.2) is 0 Å². The third-order valence-corrected chi connectivity index (χ3v) is 5.76. The number of ether oxygens (including phenoxy) is 1. The number of rotatable bonds is 7. The molecule has 0 aromatic rings. The van der Waals surface area contributed by atoms with Gasteiger partial charge in [-0.15, -0.1) is 0 Å². The zero-order chi connectivity index (χ0) is 12.3. The van der Waals surface area contributed by atoms with Crippen LogP contribution in [0.1, 0.15) is 33.1 Å². The maximum Gasteiger partial charge on any atom is 0.0666 e. The van der Waals surface area contributed by atoms with Crippen molar-refractivity contribution in [1.29, 1.82) is 0 Å². The SMILES string of the molecule is CCNC(CO)(CSC1CCOC1C)C1CC1. The summed E-state index contributed by atoms with van der Waals surface area (Å²) >= 11 is 1.98. The van der Waals surface area contributed by atoms with Gasteiger partial charge in [0.15, 0.2) is 0 Å². The fourth-order valence-electron chi connectivity index (χ4n) is 2.72. The van der Waals surface area contributed by atoms with E-state index in [-0.39, 0.29) is 12.1 Å². The first-order valence-electron chi connectivity index (χ1n) is 6.81. The number of hydrogen-bond donors (Lipinski definition) is 2. The number of likely N-dealkylation sites (N-methyl/N-ethyl adjacent to an activating group) is 1. The molecule has 1 aliphatic heterocycles. The normalized spacial score (nSPS) is 32.6. The van der Waals surface area contributed by atoms with Crippen molar-refractivity contribution < 1.29 is 9.84 Å². The van der Waals surface area contributed by atoms with Gasteiger partial charge in [-0.25, -0.2) is 0 Å². The Labute approximate surface area is 109 Å². The Morgan fingerprint density at radius 3 is 2.65 bits per heavy atom. The Hall–Kier alpha value is 0.230. The molecule has 2 fully saturated rings. The van der Waals surface area contributed by atoms with Gasteiger partial charge in [-0.1, -0.05) is 6.92 Å². The average Bonchev–Trinajstić information content (AvgIpc) is 3.10. The summed E-state index contributed by atoms with van der Waals surface area (Å²) in [4.78, 5) is 0. The van der Waals surface area contributed by atoms with Gasteiger partial charge in [-0.2, -0.15) is 11.8 Å². The molecular weight excluding hydrogens is 234 g/mol. The van der Waals surface area contributed by atoms with E-state index in [0.717, 1.165) is 25.3 Å². The van der Waals surface area contributed by atoms with Crippen LogP contribution in [0.3, 0.4) is 0 Å². The van der Waals surface area contributed by atoms with Gasteiger partial charge in [0.05, 0.1) is 18.2 Å². The standard InChI is InChI=1S/C13H25NO2S/c1-3-14-13(8-15,11-4-5-11)9-17-12-6-7-16-10(12)2/h10-12,14-15H,3-9H2,1-2H3. The molecule has 2 N–H and O–H groups in total. The first kappa shape index (κ1) is 13.7. The largest absolute Gasteiger partial charge is 0.394 e. The molecule has 0 spiro atoms. The number of thioether (sulfide) groups is 1. The minimum absolute atomic E-state index is 0.0400. The molecule has 100 valence electrons. The smallest absolute Gasteiger partial charge is 0.0666 e. The van der Waals surface area contributed by atoms with Gasteiger partial charge in [0.2, 0.25) is 0 Å². The molecule has 2 aliphatic rings. The maximum atomic E-state index is 9.75. The Bertz CT molecular complexity index is 248. The quantitative estimate of drug-likeness (QED) is 0.729. The monoisotopic (exact) mass is 259 g/mol. The van der Waals surface area contributed by atoms with E-state index in [2.05, 4.69) is 19.2 Å². The highest BCUT2D eigenvalue weighted by molar-refractivity contribution is 8.00. The van der Waals surface area contributed by atoms with Crippen LogP contribution in [-0.4, -0.2) is 47.5 Å². The summed E-state index contributed by atoms with van der Waals surface area (Å²) in [5.74, 6) is 1.69. The van der Waals surface area contributed by atoms with E-state index >= 15 is 0 Å². The molecule has 0 radical (unpaired) electrons. The summed E-state index contributed by atoms with van der Waals surface area (Å²) in [5, 5.41) is 13.9. The zero-order valence-electron chi connectivity index (χ0n) is 10.9. The molecule has 17 heavy (non-hydrogen) atoms. The Morgan fingerprint density at radius 1 is 1.41 bits per heavy atom. The van der Waals surface area contributed by atoms with E-state index in [1.54, 1.807) is 0 Å². The van der Waals surface area contributed by atoms with Crippen LogP contribution in [0.4, 0.5) is 0 Å². The topological polar surface area (TPSA) is 41.5 Å². The number of aliphatic hydroxyl groups excluding tert-OH is 1. The second-order valence-electron chi connectivity index (χ2n) is 5.33. The van der Waals surface area contributed by atoms with Gasteiger partial charge in [-0.05, 0) is 38.6 Å². The first-order valence-corrected chi connectivity index (χ1v) is 7.86. The summed E-state index contributed by atoms with van der Waals surface area (Å²) in [6.45, 7) is 6.39. The summed E-state index contributed by atoms with van der Waals surface area (Å²) in [7, 11) is 0. The van der Waals surface area contributed by atoms with Crippen molar-refractivity contribution in [2.45, 2.75) is 50.0 Å². The third-order valence-electron chi connectivity index (χ3n) is 4.03. The molecule has 0 amide bonds. The van der Waals surface area contributed by atoms with Gasteiger partial charge >= 0.3 is 0 Å². The lowest BCUT2D eigenvalue weighted by atomic mass is 9.97.